The number of sulfonamides is 1. The second-order valence-electron chi connectivity index (χ2n) is 4.66. The van der Waals surface area contributed by atoms with Crippen LogP contribution in [-0.2, 0) is 19.6 Å². The zero-order valence-corrected chi connectivity index (χ0v) is 12.5. The fourth-order valence-corrected chi connectivity index (χ4v) is 3.57. The molecule has 0 saturated carbocycles. The molecular weight excluding hydrogens is 268 g/mol. The van der Waals surface area contributed by atoms with Crippen molar-refractivity contribution in [2.75, 3.05) is 32.0 Å². The number of carbonyl (C=O) groups is 1. The molecule has 0 bridgehead atoms. The molecule has 0 aromatic rings. The second-order valence-corrected chi connectivity index (χ2v) is 6.63. The molecule has 112 valence electrons. The van der Waals surface area contributed by atoms with Gasteiger partial charge in [-0.05, 0) is 26.3 Å². The van der Waals surface area contributed by atoms with Crippen LogP contribution in [0, 0.1) is 0 Å². The average Bonchev–Trinajstić information content (AvgIpc) is 2.36. The van der Waals surface area contributed by atoms with Gasteiger partial charge in [-0.3, -0.25) is 4.79 Å². The first kappa shape index (κ1) is 16.4. The maximum atomic E-state index is 12.1. The van der Waals surface area contributed by atoms with E-state index in [1.54, 1.807) is 13.8 Å². The standard InChI is InChI=1S/C12H24N2O4S/c1-3-14(9-11-7-5-6-8-13-11)19(16,17)10-12(15)18-4-2/h11,13H,3-10H2,1-2H3. The molecule has 1 aliphatic heterocycles. The number of nitrogens with zero attached hydrogens (tertiary/aromatic N) is 1. The van der Waals surface area contributed by atoms with Gasteiger partial charge in [0, 0.05) is 19.1 Å². The van der Waals surface area contributed by atoms with Crippen molar-refractivity contribution in [1.29, 1.82) is 0 Å². The minimum absolute atomic E-state index is 0.186. The van der Waals surface area contributed by atoms with Crippen LogP contribution in [0.5, 0.6) is 0 Å². The normalized spacial score (nSPS) is 20.5. The molecule has 19 heavy (non-hydrogen) atoms. The molecule has 1 atom stereocenters. The summed E-state index contributed by atoms with van der Waals surface area (Å²) >= 11 is 0. The van der Waals surface area contributed by atoms with Gasteiger partial charge in [-0.1, -0.05) is 13.3 Å². The van der Waals surface area contributed by atoms with E-state index in [0.29, 0.717) is 13.1 Å². The molecule has 0 aliphatic carbocycles. The quantitative estimate of drug-likeness (QED) is 0.685. The Kier molecular flexibility index (Phi) is 6.74. The van der Waals surface area contributed by atoms with Gasteiger partial charge in [0.25, 0.3) is 0 Å². The number of hydrogen-bond donors (Lipinski definition) is 1. The van der Waals surface area contributed by atoms with Gasteiger partial charge in [-0.2, -0.15) is 0 Å². The van der Waals surface area contributed by atoms with E-state index in [4.69, 9.17) is 4.74 Å². The zero-order chi connectivity index (χ0) is 14.3. The highest BCUT2D eigenvalue weighted by Gasteiger charge is 2.27. The molecule has 0 aromatic heterocycles. The molecule has 1 rings (SSSR count). The van der Waals surface area contributed by atoms with Crippen LogP contribution < -0.4 is 5.32 Å². The van der Waals surface area contributed by atoms with Crippen molar-refractivity contribution < 1.29 is 17.9 Å². The summed E-state index contributed by atoms with van der Waals surface area (Å²) in [4.78, 5) is 11.3. The summed E-state index contributed by atoms with van der Waals surface area (Å²) in [7, 11) is -3.57. The lowest BCUT2D eigenvalue weighted by molar-refractivity contribution is -0.140. The molecule has 1 saturated heterocycles. The lowest BCUT2D eigenvalue weighted by Crippen LogP contribution is -2.47. The highest BCUT2D eigenvalue weighted by molar-refractivity contribution is 7.89. The van der Waals surface area contributed by atoms with Gasteiger partial charge < -0.3 is 10.1 Å². The molecule has 1 unspecified atom stereocenters. The van der Waals surface area contributed by atoms with Gasteiger partial charge in [0.1, 0.15) is 0 Å². The minimum Gasteiger partial charge on any atom is -0.465 e. The van der Waals surface area contributed by atoms with Gasteiger partial charge in [-0.15, -0.1) is 0 Å². The van der Waals surface area contributed by atoms with E-state index < -0.39 is 21.7 Å². The predicted molar refractivity (Wildman–Crippen MR) is 73.3 cm³/mol. The van der Waals surface area contributed by atoms with E-state index in [2.05, 4.69) is 5.32 Å². The molecule has 0 spiro atoms. The summed E-state index contributed by atoms with van der Waals surface area (Å²) in [5.41, 5.74) is 0. The maximum absolute atomic E-state index is 12.1. The number of hydrogen-bond acceptors (Lipinski definition) is 5. The number of ether oxygens (including phenoxy) is 1. The van der Waals surface area contributed by atoms with Crippen molar-refractivity contribution in [3.63, 3.8) is 0 Å². The fraction of sp³-hybridized carbons (Fsp3) is 0.917. The number of esters is 1. The monoisotopic (exact) mass is 292 g/mol. The minimum atomic E-state index is -3.57. The first-order chi connectivity index (χ1) is 8.99. The highest BCUT2D eigenvalue weighted by atomic mass is 32.2. The van der Waals surface area contributed by atoms with Crippen molar-refractivity contribution in [3.05, 3.63) is 0 Å². The summed E-state index contributed by atoms with van der Waals surface area (Å²) in [5, 5.41) is 3.31. The molecule has 0 amide bonds. The van der Waals surface area contributed by atoms with Gasteiger partial charge in [0.15, 0.2) is 5.75 Å². The Hall–Kier alpha value is -0.660. The van der Waals surface area contributed by atoms with E-state index in [-0.39, 0.29) is 12.6 Å². The Morgan fingerprint density at radius 1 is 1.37 bits per heavy atom. The van der Waals surface area contributed by atoms with E-state index in [1.807, 2.05) is 0 Å². The molecular formula is C12H24N2O4S. The summed E-state index contributed by atoms with van der Waals surface area (Å²) in [6.07, 6.45) is 3.23. The molecule has 0 radical (unpaired) electrons. The van der Waals surface area contributed by atoms with Crippen LogP contribution in [0.25, 0.3) is 0 Å². The zero-order valence-electron chi connectivity index (χ0n) is 11.7. The van der Waals surface area contributed by atoms with E-state index in [1.165, 1.54) is 4.31 Å². The van der Waals surface area contributed by atoms with Crippen molar-refractivity contribution in [3.8, 4) is 0 Å². The van der Waals surface area contributed by atoms with E-state index >= 15 is 0 Å². The Morgan fingerprint density at radius 3 is 2.63 bits per heavy atom. The maximum Gasteiger partial charge on any atom is 0.322 e. The summed E-state index contributed by atoms with van der Waals surface area (Å²) < 4.78 is 30.3. The van der Waals surface area contributed by atoms with Crippen LogP contribution in [0.1, 0.15) is 33.1 Å². The van der Waals surface area contributed by atoms with Crippen LogP contribution in [0.4, 0.5) is 0 Å². The lowest BCUT2D eigenvalue weighted by atomic mass is 10.1. The summed E-state index contributed by atoms with van der Waals surface area (Å²) in [6, 6.07) is 0.186. The van der Waals surface area contributed by atoms with Gasteiger partial charge >= 0.3 is 5.97 Å². The molecule has 1 fully saturated rings. The van der Waals surface area contributed by atoms with E-state index in [0.717, 1.165) is 25.8 Å². The Labute approximate surface area is 115 Å². The molecule has 7 heteroatoms. The summed E-state index contributed by atoms with van der Waals surface area (Å²) in [5.74, 6) is -1.25. The van der Waals surface area contributed by atoms with E-state index in [9.17, 15) is 13.2 Å². The topological polar surface area (TPSA) is 75.7 Å². The molecule has 1 aliphatic rings. The highest BCUT2D eigenvalue weighted by Crippen LogP contribution is 2.11. The number of piperidine rings is 1. The van der Waals surface area contributed by atoms with Crippen molar-refractivity contribution in [1.82, 2.24) is 9.62 Å². The fourth-order valence-electron chi connectivity index (χ4n) is 2.21. The first-order valence-corrected chi connectivity index (χ1v) is 8.47. The third-order valence-corrected chi connectivity index (χ3v) is 4.98. The Morgan fingerprint density at radius 2 is 2.11 bits per heavy atom. The first-order valence-electron chi connectivity index (χ1n) is 6.86. The van der Waals surface area contributed by atoms with Crippen LogP contribution in [-0.4, -0.2) is 56.7 Å². The lowest BCUT2D eigenvalue weighted by Gasteiger charge is -2.29. The van der Waals surface area contributed by atoms with Gasteiger partial charge in [0.2, 0.25) is 10.0 Å². The summed E-state index contributed by atoms with van der Waals surface area (Å²) in [6.45, 7) is 5.38. The third-order valence-electron chi connectivity index (χ3n) is 3.19. The molecule has 1 heterocycles. The second kappa shape index (κ2) is 7.81. The van der Waals surface area contributed by atoms with Crippen LogP contribution in [0.15, 0.2) is 0 Å². The van der Waals surface area contributed by atoms with Crippen molar-refractivity contribution in [2.24, 2.45) is 0 Å². The van der Waals surface area contributed by atoms with Gasteiger partial charge in [-0.25, -0.2) is 12.7 Å². The largest absolute Gasteiger partial charge is 0.465 e. The van der Waals surface area contributed by atoms with Crippen LogP contribution in [0.3, 0.4) is 0 Å². The Bertz CT molecular complexity index is 377. The van der Waals surface area contributed by atoms with Crippen molar-refractivity contribution >= 4 is 16.0 Å². The Balaban J connectivity index is 2.58. The van der Waals surface area contributed by atoms with Crippen LogP contribution in [0.2, 0.25) is 0 Å². The van der Waals surface area contributed by atoms with Gasteiger partial charge in [0.05, 0.1) is 6.61 Å². The number of nitrogens with one attached hydrogen (secondary N) is 1. The third kappa shape index (κ3) is 5.46. The number of carbonyl (C=O) groups excluding carboxylic acids is 1. The predicted octanol–water partition coefficient (Wildman–Crippen LogP) is 0.343. The molecule has 0 aromatic carbocycles. The molecule has 6 nitrogen and oxygen atoms in total. The SMILES string of the molecule is CCOC(=O)CS(=O)(=O)N(CC)CC1CCCCN1. The molecule has 1 N–H and O–H groups in total. The average molecular weight is 292 g/mol. The van der Waals surface area contributed by atoms with Crippen LogP contribution >= 0.6 is 0 Å². The number of rotatable bonds is 7. The smallest absolute Gasteiger partial charge is 0.322 e. The number of likely N-dealkylation sites (N-methyl/N-ethyl adjacent to an activating group) is 1. The van der Waals surface area contributed by atoms with Crippen molar-refractivity contribution in [2.45, 2.75) is 39.2 Å².